The first-order chi connectivity index (χ1) is 14.1. The van der Waals surface area contributed by atoms with Crippen molar-refractivity contribution < 1.29 is 14.3 Å². The van der Waals surface area contributed by atoms with Gasteiger partial charge in [0.15, 0.2) is 11.5 Å². The Kier molecular flexibility index (Phi) is 7.15. The zero-order valence-electron chi connectivity index (χ0n) is 17.1. The molecule has 1 aliphatic rings. The molecule has 5 nitrogen and oxygen atoms in total. The summed E-state index contributed by atoms with van der Waals surface area (Å²) in [5.41, 5.74) is 9.13. The van der Waals surface area contributed by atoms with Gasteiger partial charge in [-0.15, -0.1) is 5.92 Å². The average molecular weight is 392 g/mol. The van der Waals surface area contributed by atoms with Gasteiger partial charge in [0.25, 0.3) is 0 Å². The van der Waals surface area contributed by atoms with Crippen LogP contribution in [0.15, 0.2) is 36.4 Å². The standard InChI is InChI=1S/C24H28N2O3/c1-3-4-7-17-10-12-21(26-24(27)16-25)20(14-17)18-11-13-22(28-2)23(15-18)29-19-8-5-6-9-19/h10-15,19H,5-9,16,25H2,1-2H3,(H,26,27). The van der Waals surface area contributed by atoms with Gasteiger partial charge in [-0.05, 0) is 68.0 Å². The van der Waals surface area contributed by atoms with Crippen LogP contribution < -0.4 is 20.5 Å². The van der Waals surface area contributed by atoms with E-state index in [2.05, 4.69) is 23.2 Å². The van der Waals surface area contributed by atoms with Gasteiger partial charge in [0.1, 0.15) is 0 Å². The number of nitrogens with two attached hydrogens (primary N) is 1. The van der Waals surface area contributed by atoms with E-state index in [0.717, 1.165) is 35.3 Å². The number of rotatable bonds is 7. The van der Waals surface area contributed by atoms with E-state index in [1.807, 2.05) is 37.3 Å². The minimum Gasteiger partial charge on any atom is -0.493 e. The molecule has 3 rings (SSSR count). The largest absolute Gasteiger partial charge is 0.493 e. The van der Waals surface area contributed by atoms with Crippen LogP contribution in [0.2, 0.25) is 0 Å². The number of hydrogen-bond donors (Lipinski definition) is 2. The molecule has 1 fully saturated rings. The van der Waals surface area contributed by atoms with Crippen LogP contribution >= 0.6 is 0 Å². The van der Waals surface area contributed by atoms with Crippen LogP contribution in [0.3, 0.4) is 0 Å². The maximum Gasteiger partial charge on any atom is 0.238 e. The number of methoxy groups -OCH3 is 1. The molecule has 5 heteroatoms. The maximum absolute atomic E-state index is 11.9. The maximum atomic E-state index is 11.9. The molecule has 0 spiro atoms. The van der Waals surface area contributed by atoms with Gasteiger partial charge in [0, 0.05) is 17.7 Å². The zero-order chi connectivity index (χ0) is 20.6. The molecule has 0 bridgehead atoms. The normalized spacial score (nSPS) is 13.5. The van der Waals surface area contributed by atoms with Gasteiger partial charge in [-0.3, -0.25) is 4.79 Å². The smallest absolute Gasteiger partial charge is 0.238 e. The number of benzene rings is 2. The van der Waals surface area contributed by atoms with Crippen LogP contribution in [0.4, 0.5) is 5.69 Å². The quantitative estimate of drug-likeness (QED) is 0.695. The molecule has 1 amide bonds. The van der Waals surface area contributed by atoms with Gasteiger partial charge in [-0.25, -0.2) is 0 Å². The summed E-state index contributed by atoms with van der Waals surface area (Å²) >= 11 is 0. The predicted octanol–water partition coefficient (Wildman–Crippen LogP) is 4.15. The minimum atomic E-state index is -0.233. The lowest BCUT2D eigenvalue weighted by Crippen LogP contribution is -2.22. The minimum absolute atomic E-state index is 0.0683. The van der Waals surface area contributed by atoms with Gasteiger partial charge in [0.2, 0.25) is 5.91 Å². The summed E-state index contributed by atoms with van der Waals surface area (Å²) in [6.45, 7) is 1.76. The van der Waals surface area contributed by atoms with Gasteiger partial charge >= 0.3 is 0 Å². The molecule has 1 saturated carbocycles. The summed E-state index contributed by atoms with van der Waals surface area (Å²) in [7, 11) is 1.65. The summed E-state index contributed by atoms with van der Waals surface area (Å²) in [4.78, 5) is 11.9. The third-order valence-electron chi connectivity index (χ3n) is 5.08. The van der Waals surface area contributed by atoms with Gasteiger partial charge in [-0.1, -0.05) is 18.1 Å². The second-order valence-corrected chi connectivity index (χ2v) is 7.13. The van der Waals surface area contributed by atoms with Crippen LogP contribution in [0, 0.1) is 11.8 Å². The summed E-state index contributed by atoms with van der Waals surface area (Å²) in [5, 5.41) is 2.89. The monoisotopic (exact) mass is 392 g/mol. The second kappa shape index (κ2) is 9.99. The third-order valence-corrected chi connectivity index (χ3v) is 5.08. The van der Waals surface area contributed by atoms with Crippen molar-refractivity contribution in [1.29, 1.82) is 0 Å². The van der Waals surface area contributed by atoms with E-state index in [4.69, 9.17) is 15.2 Å². The highest BCUT2D eigenvalue weighted by Gasteiger charge is 2.19. The molecule has 0 aromatic heterocycles. The van der Waals surface area contributed by atoms with Crippen molar-refractivity contribution in [3.8, 4) is 34.5 Å². The van der Waals surface area contributed by atoms with Crippen molar-refractivity contribution in [2.45, 2.75) is 45.1 Å². The van der Waals surface area contributed by atoms with Crippen LogP contribution in [0.1, 0.15) is 38.2 Å². The number of ether oxygens (including phenoxy) is 2. The SMILES string of the molecule is CC#CCc1ccc(NC(=O)CN)c(-c2ccc(OC)c(OC3CCCC3)c2)c1. The molecule has 0 heterocycles. The van der Waals surface area contributed by atoms with Crippen LogP contribution in [0.25, 0.3) is 11.1 Å². The van der Waals surface area contributed by atoms with Crippen LogP contribution in [0.5, 0.6) is 11.5 Å². The lowest BCUT2D eigenvalue weighted by Gasteiger charge is -2.18. The first kappa shape index (κ1) is 20.8. The molecule has 3 N–H and O–H groups in total. The highest BCUT2D eigenvalue weighted by Crippen LogP contribution is 2.38. The van der Waals surface area contributed by atoms with E-state index < -0.39 is 0 Å². The van der Waals surface area contributed by atoms with Crippen molar-refractivity contribution in [1.82, 2.24) is 0 Å². The molecule has 29 heavy (non-hydrogen) atoms. The molecule has 0 unspecified atom stereocenters. The average Bonchev–Trinajstić information content (AvgIpc) is 3.26. The number of hydrogen-bond acceptors (Lipinski definition) is 4. The molecular weight excluding hydrogens is 364 g/mol. The van der Waals surface area contributed by atoms with E-state index >= 15 is 0 Å². The van der Waals surface area contributed by atoms with Crippen molar-refractivity contribution in [2.24, 2.45) is 5.73 Å². The first-order valence-corrected chi connectivity index (χ1v) is 10.0. The Morgan fingerprint density at radius 1 is 1.17 bits per heavy atom. The fourth-order valence-corrected chi connectivity index (χ4v) is 3.56. The summed E-state index contributed by atoms with van der Waals surface area (Å²) in [6, 6.07) is 11.8. The number of nitrogens with one attached hydrogen (secondary N) is 1. The summed E-state index contributed by atoms with van der Waals surface area (Å²) < 4.78 is 11.7. The summed E-state index contributed by atoms with van der Waals surface area (Å²) in [5.74, 6) is 7.22. The van der Waals surface area contributed by atoms with Crippen molar-refractivity contribution >= 4 is 11.6 Å². The van der Waals surface area contributed by atoms with Crippen molar-refractivity contribution in [3.05, 3.63) is 42.0 Å². The van der Waals surface area contributed by atoms with E-state index in [1.54, 1.807) is 7.11 Å². The molecule has 0 saturated heterocycles. The molecule has 152 valence electrons. The van der Waals surface area contributed by atoms with Gasteiger partial charge < -0.3 is 20.5 Å². The molecule has 0 radical (unpaired) electrons. The lowest BCUT2D eigenvalue weighted by molar-refractivity contribution is -0.114. The lowest BCUT2D eigenvalue weighted by atomic mass is 9.99. The fraction of sp³-hybridized carbons (Fsp3) is 0.375. The summed E-state index contributed by atoms with van der Waals surface area (Å²) in [6.07, 6.45) is 5.40. The Labute approximate surface area is 172 Å². The number of carbonyl (C=O) groups excluding carboxylic acids is 1. The zero-order valence-corrected chi connectivity index (χ0v) is 17.1. The van der Waals surface area contributed by atoms with E-state index in [9.17, 15) is 4.79 Å². The number of anilines is 1. The Balaban J connectivity index is 2.01. The number of amides is 1. The molecular formula is C24H28N2O3. The Hall–Kier alpha value is -2.97. The van der Waals surface area contributed by atoms with E-state index in [-0.39, 0.29) is 18.6 Å². The van der Waals surface area contributed by atoms with Gasteiger partial charge in [0.05, 0.1) is 19.8 Å². The van der Waals surface area contributed by atoms with Crippen LogP contribution in [-0.2, 0) is 11.2 Å². The Bertz CT molecular complexity index is 921. The molecule has 1 aliphatic carbocycles. The van der Waals surface area contributed by atoms with Crippen LogP contribution in [-0.4, -0.2) is 25.7 Å². The highest BCUT2D eigenvalue weighted by atomic mass is 16.5. The topological polar surface area (TPSA) is 73.6 Å². The molecule has 0 aliphatic heterocycles. The number of carbonyl (C=O) groups is 1. The fourth-order valence-electron chi connectivity index (χ4n) is 3.56. The molecule has 2 aromatic rings. The van der Waals surface area contributed by atoms with E-state index in [0.29, 0.717) is 17.9 Å². The first-order valence-electron chi connectivity index (χ1n) is 10.0. The van der Waals surface area contributed by atoms with Gasteiger partial charge in [-0.2, -0.15) is 0 Å². The Morgan fingerprint density at radius 2 is 1.97 bits per heavy atom. The predicted molar refractivity (Wildman–Crippen MR) is 116 cm³/mol. The molecule has 2 aromatic carbocycles. The molecule has 0 atom stereocenters. The van der Waals surface area contributed by atoms with E-state index in [1.165, 1.54) is 12.8 Å². The van der Waals surface area contributed by atoms with Crippen molar-refractivity contribution in [2.75, 3.05) is 19.0 Å². The third kappa shape index (κ3) is 5.30. The Morgan fingerprint density at radius 3 is 2.66 bits per heavy atom. The van der Waals surface area contributed by atoms with Crippen molar-refractivity contribution in [3.63, 3.8) is 0 Å². The highest BCUT2D eigenvalue weighted by molar-refractivity contribution is 5.96. The second-order valence-electron chi connectivity index (χ2n) is 7.13.